The van der Waals surface area contributed by atoms with Crippen molar-refractivity contribution >= 4 is 53.3 Å². The van der Waals surface area contributed by atoms with Crippen LogP contribution in [0.25, 0.3) is 0 Å². The maximum atomic E-state index is 15.1. The summed E-state index contributed by atoms with van der Waals surface area (Å²) in [5, 5.41) is -0.968. The van der Waals surface area contributed by atoms with Gasteiger partial charge >= 0.3 is 29.9 Å². The summed E-state index contributed by atoms with van der Waals surface area (Å²) in [4.78, 5) is 80.8. The predicted octanol–water partition coefficient (Wildman–Crippen LogP) is 4.64. The number of benzene rings is 3. The molecule has 3 amide bonds. The van der Waals surface area contributed by atoms with E-state index in [1.165, 1.54) is 4.90 Å². The van der Waals surface area contributed by atoms with E-state index in [1.54, 1.807) is 67.7 Å². The zero-order valence-corrected chi connectivity index (χ0v) is 28.6. The molecule has 0 saturated carbocycles. The fourth-order valence-electron chi connectivity index (χ4n) is 5.48. The lowest BCUT2D eigenvalue weighted by molar-refractivity contribution is -0.189. The molecule has 3 aromatic rings. The van der Waals surface area contributed by atoms with Crippen LogP contribution in [-0.2, 0) is 54.2 Å². The van der Waals surface area contributed by atoms with Gasteiger partial charge in [0.1, 0.15) is 11.4 Å². The summed E-state index contributed by atoms with van der Waals surface area (Å²) in [5.41, 5.74) is 1.63. The number of amides is 3. The maximum Gasteiger partial charge on any atom is 0.331 e. The summed E-state index contributed by atoms with van der Waals surface area (Å²) < 4.78 is 20.4. The first-order valence-corrected chi connectivity index (χ1v) is 16.3. The van der Waals surface area contributed by atoms with Crippen LogP contribution in [-0.4, -0.2) is 77.9 Å². The predicted molar refractivity (Wildman–Crippen MR) is 180 cm³/mol. The Morgan fingerprint density at radius 2 is 1.24 bits per heavy atom. The van der Waals surface area contributed by atoms with E-state index < -0.39 is 70.7 Å². The van der Waals surface area contributed by atoms with Crippen molar-refractivity contribution in [3.05, 3.63) is 102 Å². The average molecular weight is 691 g/mol. The Hall–Kier alpha value is -5.17. The van der Waals surface area contributed by atoms with Crippen molar-refractivity contribution < 1.29 is 47.7 Å². The Kier molecular flexibility index (Phi) is 12.2. The molecular formula is C36H38N2O10S. The zero-order chi connectivity index (χ0) is 35.7. The molecule has 0 aliphatic carbocycles. The van der Waals surface area contributed by atoms with Gasteiger partial charge in [-0.1, -0.05) is 78.9 Å². The van der Waals surface area contributed by atoms with Gasteiger partial charge in [-0.05, 0) is 23.3 Å². The van der Waals surface area contributed by atoms with Crippen LogP contribution in [0.4, 0.5) is 10.5 Å². The highest BCUT2D eigenvalue weighted by Crippen LogP contribution is 2.65. The number of ether oxygens (including phenoxy) is 4. The molecule has 1 fully saturated rings. The third kappa shape index (κ3) is 9.05. The summed E-state index contributed by atoms with van der Waals surface area (Å²) in [7, 11) is 1.59. The molecule has 0 radical (unpaired) electrons. The monoisotopic (exact) mass is 690 g/mol. The van der Waals surface area contributed by atoms with Gasteiger partial charge in [-0.15, -0.1) is 11.8 Å². The molecule has 1 saturated heterocycles. The third-order valence-corrected chi connectivity index (χ3v) is 9.19. The van der Waals surface area contributed by atoms with Gasteiger partial charge in [-0.3, -0.25) is 24.0 Å². The lowest BCUT2D eigenvalue weighted by Gasteiger charge is -2.33. The number of urea groups is 1. The van der Waals surface area contributed by atoms with Crippen molar-refractivity contribution in [1.29, 1.82) is 0 Å². The largest absolute Gasteiger partial charge is 0.462 e. The quantitative estimate of drug-likeness (QED) is 0.140. The van der Waals surface area contributed by atoms with Crippen molar-refractivity contribution in [2.45, 2.75) is 62.5 Å². The number of rotatable bonds is 13. The van der Waals surface area contributed by atoms with Crippen LogP contribution in [0.3, 0.4) is 0 Å². The molecule has 1 heterocycles. The van der Waals surface area contributed by atoms with Gasteiger partial charge in [0.05, 0.1) is 10.9 Å². The molecule has 4 rings (SSSR count). The number of carbonyl (C=O) groups excluding carboxylic acids is 6. The molecule has 5 atom stereocenters. The number of imide groups is 1. The van der Waals surface area contributed by atoms with Gasteiger partial charge in [-0.2, -0.15) is 0 Å². The summed E-state index contributed by atoms with van der Waals surface area (Å²) in [6.07, 6.45) is -4.34. The van der Waals surface area contributed by atoms with E-state index in [9.17, 15) is 24.0 Å². The Bertz CT molecular complexity index is 1660. The number of hydrogen-bond acceptors (Lipinski definition) is 11. The second-order valence-corrected chi connectivity index (χ2v) is 12.7. The van der Waals surface area contributed by atoms with Gasteiger partial charge < -0.3 is 23.8 Å². The second kappa shape index (κ2) is 16.3. The van der Waals surface area contributed by atoms with Crippen molar-refractivity contribution in [3.63, 3.8) is 0 Å². The van der Waals surface area contributed by atoms with Crippen molar-refractivity contribution in [1.82, 2.24) is 4.90 Å². The summed E-state index contributed by atoms with van der Waals surface area (Å²) >= 11 is 1.09. The lowest BCUT2D eigenvalue weighted by Crippen LogP contribution is -2.54. The number of nitrogens with zero attached hydrogens (tertiary/aromatic N) is 2. The standard InChI is InChI=1S/C36H38N2O10S/c1-23(39)45-22-30(46-24(2)40)31(47-25(3)41)32(48-26(4)42)33-36(49-33,28-17-11-7-12-18-28)34(43)38(29-19-13-8-14-20-29)35(44)37(5)21-27-15-9-6-10-16-27/h6-20,30-33H,21-22H2,1-5H3/t30-,31-,32+,33-,36+/m1/s1. The molecule has 0 aromatic heterocycles. The van der Waals surface area contributed by atoms with E-state index >= 15 is 4.79 Å². The second-order valence-electron chi connectivity index (χ2n) is 11.3. The Morgan fingerprint density at radius 1 is 0.714 bits per heavy atom. The zero-order valence-electron chi connectivity index (χ0n) is 27.8. The molecule has 3 aromatic carbocycles. The molecule has 0 unspecified atom stereocenters. The Morgan fingerprint density at radius 3 is 1.78 bits per heavy atom. The fourth-order valence-corrected chi connectivity index (χ4v) is 6.99. The first kappa shape index (κ1) is 36.7. The highest BCUT2D eigenvalue weighted by Gasteiger charge is 2.70. The number of esters is 4. The van der Waals surface area contributed by atoms with E-state index in [4.69, 9.17) is 18.9 Å². The first-order chi connectivity index (χ1) is 23.3. The van der Waals surface area contributed by atoms with E-state index in [2.05, 4.69) is 0 Å². The Balaban J connectivity index is 1.84. The van der Waals surface area contributed by atoms with Crippen molar-refractivity contribution in [3.8, 4) is 0 Å². The van der Waals surface area contributed by atoms with Crippen molar-refractivity contribution in [2.24, 2.45) is 0 Å². The average Bonchev–Trinajstić information content (AvgIpc) is 3.82. The number of carbonyl (C=O) groups is 6. The van der Waals surface area contributed by atoms with Crippen LogP contribution in [0.5, 0.6) is 0 Å². The summed E-state index contributed by atoms with van der Waals surface area (Å²) in [5.74, 6) is -3.72. The van der Waals surface area contributed by atoms with E-state index in [1.807, 2.05) is 30.3 Å². The van der Waals surface area contributed by atoms with E-state index in [0.29, 0.717) is 11.3 Å². The summed E-state index contributed by atoms with van der Waals surface area (Å²) in [6, 6.07) is 25.7. The topological polar surface area (TPSA) is 146 Å². The minimum absolute atomic E-state index is 0.204. The SMILES string of the molecule is CC(=O)OC[C@@H](OC(C)=O)[C@@H](OC(C)=O)[C@H](OC(C)=O)[C@H]1S[C@@]1(C(=O)N(C(=O)N(C)Cc1ccccc1)c1ccccc1)c1ccccc1. The smallest absolute Gasteiger partial charge is 0.331 e. The number of para-hydroxylation sites is 1. The molecule has 0 spiro atoms. The van der Waals surface area contributed by atoms with Gasteiger partial charge in [0, 0.05) is 41.3 Å². The lowest BCUT2D eigenvalue weighted by atomic mass is 9.88. The molecular weight excluding hydrogens is 652 g/mol. The normalized spacial score (nSPS) is 18.1. The first-order valence-electron chi connectivity index (χ1n) is 15.4. The summed E-state index contributed by atoms with van der Waals surface area (Å²) in [6.45, 7) is 4.19. The van der Waals surface area contributed by atoms with E-state index in [0.717, 1.165) is 49.9 Å². The fraction of sp³-hybridized carbons (Fsp3) is 0.333. The molecule has 0 bridgehead atoms. The molecule has 0 N–H and O–H groups in total. The van der Waals surface area contributed by atoms with Crippen LogP contribution < -0.4 is 4.90 Å². The van der Waals surface area contributed by atoms with Crippen LogP contribution in [0.1, 0.15) is 38.8 Å². The molecule has 1 aliphatic rings. The maximum absolute atomic E-state index is 15.1. The highest BCUT2D eigenvalue weighted by molar-refractivity contribution is 8.09. The van der Waals surface area contributed by atoms with Crippen LogP contribution >= 0.6 is 11.8 Å². The number of thioether (sulfide) groups is 1. The third-order valence-electron chi connectivity index (χ3n) is 7.54. The van der Waals surface area contributed by atoms with E-state index in [-0.39, 0.29) is 6.54 Å². The van der Waals surface area contributed by atoms with Gasteiger partial charge in [0.15, 0.2) is 18.3 Å². The van der Waals surface area contributed by atoms with Gasteiger partial charge in [-0.25, -0.2) is 9.69 Å². The number of hydrogen-bond donors (Lipinski definition) is 0. The minimum Gasteiger partial charge on any atom is -0.462 e. The van der Waals surface area contributed by atoms with Gasteiger partial charge in [0.25, 0.3) is 5.91 Å². The van der Waals surface area contributed by atoms with Crippen LogP contribution in [0.2, 0.25) is 0 Å². The Labute approximate surface area is 288 Å². The van der Waals surface area contributed by atoms with Gasteiger partial charge in [0.2, 0.25) is 0 Å². The highest BCUT2D eigenvalue weighted by atomic mass is 32.2. The molecule has 12 nitrogen and oxygen atoms in total. The molecule has 13 heteroatoms. The molecule has 49 heavy (non-hydrogen) atoms. The number of anilines is 1. The van der Waals surface area contributed by atoms with Crippen LogP contribution in [0.15, 0.2) is 91.0 Å². The van der Waals surface area contributed by atoms with Crippen LogP contribution in [0, 0.1) is 0 Å². The molecule has 258 valence electrons. The van der Waals surface area contributed by atoms with Crippen molar-refractivity contribution in [2.75, 3.05) is 18.6 Å². The molecule has 1 aliphatic heterocycles. The minimum atomic E-state index is -1.55.